The summed E-state index contributed by atoms with van der Waals surface area (Å²) in [5, 5.41) is 15.5. The van der Waals surface area contributed by atoms with E-state index in [-0.39, 0.29) is 18.9 Å². The number of hydrogen-bond acceptors (Lipinski definition) is 3. The fraction of sp³-hybridized carbons (Fsp3) is 0.312. The Kier molecular flexibility index (Phi) is 4.60. The van der Waals surface area contributed by atoms with Crippen LogP contribution < -0.4 is 0 Å². The fourth-order valence-corrected chi connectivity index (χ4v) is 2.05. The molecule has 2 aromatic rings. The van der Waals surface area contributed by atoms with Crippen LogP contribution in [0.1, 0.15) is 28.0 Å². The predicted molar refractivity (Wildman–Crippen MR) is 82.7 cm³/mol. The first-order valence-corrected chi connectivity index (χ1v) is 6.99. The van der Waals surface area contributed by atoms with E-state index in [0.29, 0.717) is 11.4 Å². The minimum Gasteiger partial charge on any atom is -0.481 e. The molecule has 1 amide bonds. The highest BCUT2D eigenvalue weighted by atomic mass is 16.4. The van der Waals surface area contributed by atoms with Gasteiger partial charge < -0.3 is 10.0 Å². The molecule has 22 heavy (non-hydrogen) atoms. The monoisotopic (exact) mass is 301 g/mol. The smallest absolute Gasteiger partial charge is 0.305 e. The van der Waals surface area contributed by atoms with Crippen molar-refractivity contribution in [3.63, 3.8) is 0 Å². The average Bonchev–Trinajstić information content (AvgIpc) is 2.96. The normalized spacial score (nSPS) is 10.5. The number of carboxylic acid groups (broad SMARTS) is 1. The van der Waals surface area contributed by atoms with Crippen LogP contribution in [0, 0.1) is 13.8 Å². The first kappa shape index (κ1) is 15.8. The molecule has 0 spiro atoms. The molecule has 1 aromatic heterocycles. The minimum atomic E-state index is -0.930. The molecule has 0 fully saturated rings. The molecular formula is C16H19N3O3. The summed E-state index contributed by atoms with van der Waals surface area (Å²) >= 11 is 0. The standard InChI is InChI=1S/C16H19N3O3/c1-10-4-5-12(8-11(10)2)13-9-14(18-17-13)16(22)19(3)7-6-15(20)21/h4-5,8-9H,6-7H2,1-3H3,(H,17,18)(H,20,21). The van der Waals surface area contributed by atoms with Crippen LogP contribution in [-0.4, -0.2) is 45.7 Å². The lowest BCUT2D eigenvalue weighted by atomic mass is 10.0. The van der Waals surface area contributed by atoms with Gasteiger partial charge in [-0.15, -0.1) is 0 Å². The lowest BCUT2D eigenvalue weighted by Gasteiger charge is -2.14. The number of aryl methyl sites for hydroxylation is 2. The van der Waals surface area contributed by atoms with Gasteiger partial charge in [0, 0.05) is 19.2 Å². The molecule has 2 N–H and O–H groups in total. The molecule has 0 aliphatic carbocycles. The second kappa shape index (κ2) is 6.43. The first-order valence-electron chi connectivity index (χ1n) is 6.99. The topological polar surface area (TPSA) is 86.3 Å². The van der Waals surface area contributed by atoms with E-state index in [2.05, 4.69) is 10.2 Å². The van der Waals surface area contributed by atoms with E-state index in [9.17, 15) is 9.59 Å². The van der Waals surface area contributed by atoms with Crippen molar-refractivity contribution in [3.05, 3.63) is 41.1 Å². The van der Waals surface area contributed by atoms with E-state index in [1.807, 2.05) is 32.0 Å². The van der Waals surface area contributed by atoms with Gasteiger partial charge >= 0.3 is 5.97 Å². The second-order valence-corrected chi connectivity index (χ2v) is 5.34. The summed E-state index contributed by atoms with van der Waals surface area (Å²) < 4.78 is 0. The molecule has 0 saturated carbocycles. The maximum absolute atomic E-state index is 12.2. The van der Waals surface area contributed by atoms with Gasteiger partial charge in [0.25, 0.3) is 5.91 Å². The van der Waals surface area contributed by atoms with Gasteiger partial charge in [0.15, 0.2) is 0 Å². The third-order valence-corrected chi connectivity index (χ3v) is 3.62. The Hall–Kier alpha value is -2.63. The predicted octanol–water partition coefficient (Wildman–Crippen LogP) is 2.24. The number of nitrogens with zero attached hydrogens (tertiary/aromatic N) is 2. The maximum atomic E-state index is 12.2. The zero-order valence-electron chi connectivity index (χ0n) is 12.9. The molecule has 0 radical (unpaired) electrons. The van der Waals surface area contributed by atoms with Crippen LogP contribution in [0.4, 0.5) is 0 Å². The number of rotatable bonds is 5. The van der Waals surface area contributed by atoms with Gasteiger partial charge in [0.1, 0.15) is 5.69 Å². The van der Waals surface area contributed by atoms with Gasteiger partial charge in [-0.2, -0.15) is 5.10 Å². The molecule has 0 aliphatic heterocycles. The zero-order chi connectivity index (χ0) is 16.3. The number of aliphatic carboxylic acids is 1. The van der Waals surface area contributed by atoms with Crippen molar-refractivity contribution in [1.82, 2.24) is 15.1 Å². The number of carbonyl (C=O) groups excluding carboxylic acids is 1. The number of H-pyrrole nitrogens is 1. The van der Waals surface area contributed by atoms with Crippen molar-refractivity contribution in [2.24, 2.45) is 0 Å². The Bertz CT molecular complexity index is 706. The molecule has 116 valence electrons. The first-order chi connectivity index (χ1) is 10.4. The average molecular weight is 301 g/mol. The highest BCUT2D eigenvalue weighted by Gasteiger charge is 2.16. The third kappa shape index (κ3) is 3.52. The van der Waals surface area contributed by atoms with Gasteiger partial charge in [0.2, 0.25) is 0 Å². The van der Waals surface area contributed by atoms with Crippen molar-refractivity contribution < 1.29 is 14.7 Å². The molecule has 0 bridgehead atoms. The minimum absolute atomic E-state index is 0.0829. The molecule has 1 heterocycles. The lowest BCUT2D eigenvalue weighted by molar-refractivity contribution is -0.137. The molecule has 6 heteroatoms. The fourth-order valence-electron chi connectivity index (χ4n) is 2.05. The summed E-state index contributed by atoms with van der Waals surface area (Å²) in [4.78, 5) is 24.1. The van der Waals surface area contributed by atoms with Crippen LogP contribution in [0.5, 0.6) is 0 Å². The summed E-state index contributed by atoms with van der Waals surface area (Å²) in [6.45, 7) is 4.22. The Morgan fingerprint density at radius 3 is 2.59 bits per heavy atom. The van der Waals surface area contributed by atoms with Gasteiger partial charge in [-0.25, -0.2) is 0 Å². The summed E-state index contributed by atoms with van der Waals surface area (Å²) in [5.74, 6) is -1.20. The highest BCUT2D eigenvalue weighted by molar-refractivity contribution is 5.93. The van der Waals surface area contributed by atoms with Gasteiger partial charge in [-0.3, -0.25) is 14.7 Å². The summed E-state index contributed by atoms with van der Waals surface area (Å²) in [7, 11) is 1.57. The van der Waals surface area contributed by atoms with Crippen LogP contribution in [0.2, 0.25) is 0 Å². The van der Waals surface area contributed by atoms with Crippen LogP contribution in [0.15, 0.2) is 24.3 Å². The van der Waals surface area contributed by atoms with Crippen LogP contribution in [0.3, 0.4) is 0 Å². The number of nitrogens with one attached hydrogen (secondary N) is 1. The van der Waals surface area contributed by atoms with Crippen molar-refractivity contribution in [2.75, 3.05) is 13.6 Å². The van der Waals surface area contributed by atoms with E-state index in [1.54, 1.807) is 13.1 Å². The molecule has 6 nitrogen and oxygen atoms in total. The Morgan fingerprint density at radius 1 is 1.23 bits per heavy atom. The highest BCUT2D eigenvalue weighted by Crippen LogP contribution is 2.21. The molecule has 0 saturated heterocycles. The molecule has 0 atom stereocenters. The Labute approximate surface area is 128 Å². The molecule has 0 aliphatic rings. The quantitative estimate of drug-likeness (QED) is 0.886. The molecular weight excluding hydrogens is 282 g/mol. The van der Waals surface area contributed by atoms with Crippen molar-refractivity contribution >= 4 is 11.9 Å². The van der Waals surface area contributed by atoms with Crippen molar-refractivity contribution in [2.45, 2.75) is 20.3 Å². The summed E-state index contributed by atoms with van der Waals surface area (Å²) in [6, 6.07) is 7.68. The van der Waals surface area contributed by atoms with E-state index in [1.165, 1.54) is 10.5 Å². The van der Waals surface area contributed by atoms with E-state index in [0.717, 1.165) is 11.1 Å². The van der Waals surface area contributed by atoms with Gasteiger partial charge in [0.05, 0.1) is 12.1 Å². The molecule has 0 unspecified atom stereocenters. The van der Waals surface area contributed by atoms with Crippen molar-refractivity contribution in [3.8, 4) is 11.3 Å². The maximum Gasteiger partial charge on any atom is 0.305 e. The number of benzene rings is 1. The SMILES string of the molecule is Cc1ccc(-c2cc(C(=O)N(C)CCC(=O)O)[nH]n2)cc1C. The number of carbonyl (C=O) groups is 2. The number of aromatic nitrogens is 2. The van der Waals surface area contributed by atoms with Crippen molar-refractivity contribution in [1.29, 1.82) is 0 Å². The van der Waals surface area contributed by atoms with Crippen LogP contribution >= 0.6 is 0 Å². The molecule has 2 rings (SSSR count). The second-order valence-electron chi connectivity index (χ2n) is 5.34. The van der Waals surface area contributed by atoms with Gasteiger partial charge in [-0.05, 0) is 37.1 Å². The Morgan fingerprint density at radius 2 is 1.95 bits per heavy atom. The van der Waals surface area contributed by atoms with Crippen LogP contribution in [-0.2, 0) is 4.79 Å². The van der Waals surface area contributed by atoms with Crippen LogP contribution in [0.25, 0.3) is 11.3 Å². The van der Waals surface area contributed by atoms with E-state index >= 15 is 0 Å². The third-order valence-electron chi connectivity index (χ3n) is 3.62. The lowest BCUT2D eigenvalue weighted by Crippen LogP contribution is -2.29. The summed E-state index contributed by atoms with van der Waals surface area (Å²) in [5.41, 5.74) is 4.33. The Balaban J connectivity index is 2.15. The number of aromatic amines is 1. The largest absolute Gasteiger partial charge is 0.481 e. The number of hydrogen-bond donors (Lipinski definition) is 2. The number of amides is 1. The van der Waals surface area contributed by atoms with E-state index in [4.69, 9.17) is 5.11 Å². The molecule has 1 aromatic carbocycles. The summed E-state index contributed by atoms with van der Waals surface area (Å²) in [6.07, 6.45) is -0.0829. The zero-order valence-corrected chi connectivity index (χ0v) is 12.9. The van der Waals surface area contributed by atoms with E-state index < -0.39 is 5.97 Å². The van der Waals surface area contributed by atoms with Gasteiger partial charge in [-0.1, -0.05) is 12.1 Å². The number of carboxylic acids is 1.